The topological polar surface area (TPSA) is 203 Å². The van der Waals surface area contributed by atoms with Gasteiger partial charge in [0.25, 0.3) is 0 Å². The van der Waals surface area contributed by atoms with Gasteiger partial charge in [0, 0.05) is 36.5 Å². The summed E-state index contributed by atoms with van der Waals surface area (Å²) < 4.78 is 1.45. The summed E-state index contributed by atoms with van der Waals surface area (Å²) in [6, 6.07) is 4.72. The zero-order valence-electron chi connectivity index (χ0n) is 18.5. The largest absolute Gasteiger partial charge is 0.481 e. The molecular formula is C19H23N9O5S2. The first-order valence-corrected chi connectivity index (χ1v) is 12.4. The van der Waals surface area contributed by atoms with Gasteiger partial charge in [-0.2, -0.15) is 0 Å². The average molecular weight is 522 g/mol. The molecule has 2 aliphatic rings. The van der Waals surface area contributed by atoms with Crippen molar-refractivity contribution < 1.29 is 24.3 Å². The number of anilines is 2. The van der Waals surface area contributed by atoms with Crippen LogP contribution >= 0.6 is 23.5 Å². The molecule has 0 radical (unpaired) electrons. The first-order chi connectivity index (χ1) is 16.7. The van der Waals surface area contributed by atoms with E-state index in [0.29, 0.717) is 16.5 Å². The zero-order chi connectivity index (χ0) is 25.3. The lowest BCUT2D eigenvalue weighted by Crippen LogP contribution is -2.75. The Morgan fingerprint density at radius 1 is 1.40 bits per heavy atom. The molecule has 186 valence electrons. The number of amides is 4. The molecule has 1 aromatic heterocycles. The summed E-state index contributed by atoms with van der Waals surface area (Å²) in [5, 5.41) is 23.7. The normalized spacial score (nSPS) is 23.3. The minimum Gasteiger partial charge on any atom is -0.481 e. The highest BCUT2D eigenvalue weighted by Gasteiger charge is 2.59. The van der Waals surface area contributed by atoms with Gasteiger partial charge in [-0.1, -0.05) is 17.8 Å². The van der Waals surface area contributed by atoms with E-state index in [1.54, 1.807) is 25.2 Å². The molecule has 35 heavy (non-hydrogen) atoms. The number of fused-ring (bicyclic) bond motifs is 1. The predicted molar refractivity (Wildman–Crippen MR) is 128 cm³/mol. The van der Waals surface area contributed by atoms with Gasteiger partial charge in [-0.05, 0) is 28.6 Å². The maximum Gasteiger partial charge on any atom is 0.316 e. The van der Waals surface area contributed by atoms with Crippen LogP contribution in [0.5, 0.6) is 0 Å². The average Bonchev–Trinajstić information content (AvgIpc) is 3.24. The molecule has 0 aliphatic carbocycles. The van der Waals surface area contributed by atoms with Crippen LogP contribution in [0.25, 0.3) is 0 Å². The Bertz CT molecular complexity index is 1180. The number of aryl methyl sites for hydroxylation is 1. The Morgan fingerprint density at radius 3 is 2.80 bits per heavy atom. The number of benzene rings is 1. The number of carboxylic acid groups (broad SMARTS) is 1. The molecule has 2 saturated heterocycles. The van der Waals surface area contributed by atoms with E-state index in [1.807, 2.05) is 0 Å². The Kier molecular flexibility index (Phi) is 6.86. The number of nitrogens with zero attached hydrogens (tertiary/aromatic N) is 6. The van der Waals surface area contributed by atoms with Crippen LogP contribution in [-0.4, -0.2) is 90.0 Å². The summed E-state index contributed by atoms with van der Waals surface area (Å²) >= 11 is 2.50. The Hall–Kier alpha value is -3.37. The number of rotatable bonds is 8. The van der Waals surface area contributed by atoms with Crippen LogP contribution in [0.15, 0.2) is 29.4 Å². The van der Waals surface area contributed by atoms with Crippen LogP contribution in [0.1, 0.15) is 0 Å². The van der Waals surface area contributed by atoms with Crippen LogP contribution < -0.4 is 21.7 Å². The molecule has 16 heteroatoms. The van der Waals surface area contributed by atoms with Gasteiger partial charge in [-0.15, -0.1) is 16.9 Å². The third kappa shape index (κ3) is 4.63. The second-order valence-corrected chi connectivity index (χ2v) is 10.1. The van der Waals surface area contributed by atoms with Crippen molar-refractivity contribution in [3.63, 3.8) is 0 Å². The Balaban J connectivity index is 1.55. The maximum atomic E-state index is 13.2. The van der Waals surface area contributed by atoms with Gasteiger partial charge in [0.05, 0.1) is 6.54 Å². The van der Waals surface area contributed by atoms with Crippen LogP contribution in [0, 0.1) is 5.41 Å². The van der Waals surface area contributed by atoms with E-state index in [4.69, 9.17) is 11.5 Å². The van der Waals surface area contributed by atoms with Crippen molar-refractivity contribution in [1.82, 2.24) is 25.1 Å². The van der Waals surface area contributed by atoms with Crippen molar-refractivity contribution in [2.75, 3.05) is 34.8 Å². The summed E-state index contributed by atoms with van der Waals surface area (Å²) in [7, 11) is 1.65. The number of nitrogens with two attached hydrogens (primary N) is 2. The van der Waals surface area contributed by atoms with Gasteiger partial charge in [0.2, 0.25) is 17.0 Å². The van der Waals surface area contributed by atoms with Gasteiger partial charge in [-0.25, -0.2) is 9.48 Å². The fourth-order valence-corrected chi connectivity index (χ4v) is 6.72. The van der Waals surface area contributed by atoms with Gasteiger partial charge in [0.15, 0.2) is 0 Å². The number of aromatic nitrogens is 4. The molecule has 2 unspecified atom stereocenters. The van der Waals surface area contributed by atoms with Crippen molar-refractivity contribution >= 4 is 58.7 Å². The van der Waals surface area contributed by atoms with E-state index in [2.05, 4.69) is 20.8 Å². The highest BCUT2D eigenvalue weighted by molar-refractivity contribution is 8.00. The number of hydrogen-bond acceptors (Lipinski definition) is 10. The van der Waals surface area contributed by atoms with Crippen LogP contribution in [-0.2, 0) is 21.4 Å². The fourth-order valence-electron chi connectivity index (χ4n) is 3.97. The highest BCUT2D eigenvalue weighted by Crippen LogP contribution is 2.46. The molecule has 0 spiro atoms. The molecule has 2 aliphatic heterocycles. The number of thioether (sulfide) groups is 2. The summed E-state index contributed by atoms with van der Waals surface area (Å²) in [6.07, 6.45) is 0. The summed E-state index contributed by atoms with van der Waals surface area (Å²) in [6.45, 7) is -0.350. The van der Waals surface area contributed by atoms with Crippen molar-refractivity contribution in [3.8, 4) is 0 Å². The summed E-state index contributed by atoms with van der Waals surface area (Å²) in [5.74, 6) is -1.51. The molecule has 2 aromatic rings. The standard InChI is InChI=1S/C19H23N9O5S2/c1-26-18(23-24-25-26)35-9-19(16(31)32)7-27-14(30)13(15(27)34-8-19)28(12(29)6-20)11-4-2-3-10(5-11)22-17(21)33/h2-5,13,15H,6-9,20H2,1H3,(H,31,32)(H3,21,22,33)/t13?,15-,19?/m1/s1. The van der Waals surface area contributed by atoms with Gasteiger partial charge in [0.1, 0.15) is 16.8 Å². The molecule has 0 saturated carbocycles. The van der Waals surface area contributed by atoms with E-state index < -0.39 is 34.7 Å². The number of carbonyl (C=O) groups is 4. The number of β-lactam (4-membered cyclic amide) rings is 1. The number of primary amides is 1. The quantitative estimate of drug-likeness (QED) is 0.248. The molecule has 3 heterocycles. The molecule has 3 atom stereocenters. The summed E-state index contributed by atoms with van der Waals surface area (Å²) in [4.78, 5) is 52.3. The first kappa shape index (κ1) is 24.7. The first-order valence-electron chi connectivity index (χ1n) is 10.4. The van der Waals surface area contributed by atoms with E-state index in [-0.39, 0.29) is 30.5 Å². The molecule has 4 amide bonds. The van der Waals surface area contributed by atoms with Crippen LogP contribution in [0.2, 0.25) is 0 Å². The molecular weight excluding hydrogens is 498 g/mol. The van der Waals surface area contributed by atoms with E-state index in [9.17, 15) is 24.3 Å². The predicted octanol–water partition coefficient (Wildman–Crippen LogP) is -0.861. The van der Waals surface area contributed by atoms with Crippen molar-refractivity contribution in [3.05, 3.63) is 24.3 Å². The molecule has 14 nitrogen and oxygen atoms in total. The lowest BCUT2D eigenvalue weighted by molar-refractivity contribution is -0.156. The lowest BCUT2D eigenvalue weighted by Gasteiger charge is -2.56. The lowest BCUT2D eigenvalue weighted by atomic mass is 9.89. The minimum atomic E-state index is -1.22. The zero-order valence-corrected chi connectivity index (χ0v) is 20.2. The van der Waals surface area contributed by atoms with Gasteiger partial charge in [-0.3, -0.25) is 19.3 Å². The second-order valence-electron chi connectivity index (χ2n) is 8.08. The van der Waals surface area contributed by atoms with Crippen LogP contribution in [0.4, 0.5) is 16.2 Å². The number of nitrogens with one attached hydrogen (secondary N) is 1. The van der Waals surface area contributed by atoms with Crippen molar-refractivity contribution in [1.29, 1.82) is 0 Å². The maximum absolute atomic E-state index is 13.2. The van der Waals surface area contributed by atoms with E-state index in [1.165, 1.54) is 44.1 Å². The number of carbonyl (C=O) groups excluding carboxylic acids is 3. The third-order valence-corrected chi connectivity index (χ3v) is 8.62. The highest BCUT2D eigenvalue weighted by atomic mass is 32.2. The second kappa shape index (κ2) is 9.71. The minimum absolute atomic E-state index is 0.0124. The third-order valence-electron chi connectivity index (χ3n) is 5.74. The number of tetrazole rings is 1. The molecule has 2 fully saturated rings. The smallest absolute Gasteiger partial charge is 0.316 e. The number of carboxylic acids is 1. The number of urea groups is 1. The van der Waals surface area contributed by atoms with Gasteiger partial charge < -0.3 is 26.8 Å². The monoisotopic (exact) mass is 521 g/mol. The molecule has 6 N–H and O–H groups in total. The molecule has 4 rings (SSSR count). The van der Waals surface area contributed by atoms with Crippen LogP contribution in [0.3, 0.4) is 0 Å². The van der Waals surface area contributed by atoms with Crippen molar-refractivity contribution in [2.24, 2.45) is 23.9 Å². The SMILES string of the molecule is Cn1nnnc1SCC1(C(=O)O)CS[C@@H]2C(N(C(=O)CN)c3cccc(NC(N)=O)c3)C(=O)N2C1. The Morgan fingerprint density at radius 2 is 2.17 bits per heavy atom. The van der Waals surface area contributed by atoms with Crippen molar-refractivity contribution in [2.45, 2.75) is 16.6 Å². The van der Waals surface area contributed by atoms with Gasteiger partial charge >= 0.3 is 12.0 Å². The fraction of sp³-hybridized carbons (Fsp3) is 0.421. The molecule has 1 aromatic carbocycles. The number of hydrogen-bond donors (Lipinski definition) is 4. The summed E-state index contributed by atoms with van der Waals surface area (Å²) in [5.41, 5.74) is 10.3. The molecule has 0 bridgehead atoms. The van der Waals surface area contributed by atoms with E-state index in [0.717, 1.165) is 0 Å². The Labute approximate surface area is 207 Å². The number of aliphatic carboxylic acids is 1. The van der Waals surface area contributed by atoms with E-state index >= 15 is 0 Å².